The van der Waals surface area contributed by atoms with Crippen molar-refractivity contribution in [3.05, 3.63) is 63.5 Å². The van der Waals surface area contributed by atoms with Crippen molar-refractivity contribution < 1.29 is 9.53 Å². The number of carbonyl (C=O) groups excluding carboxylic acids is 1. The Bertz CT molecular complexity index is 1200. The van der Waals surface area contributed by atoms with E-state index in [4.69, 9.17) is 4.74 Å². The molecule has 1 aliphatic rings. The van der Waals surface area contributed by atoms with Crippen LogP contribution < -0.4 is 10.3 Å². The van der Waals surface area contributed by atoms with Gasteiger partial charge in [0.2, 0.25) is 0 Å². The number of benzene rings is 1. The van der Waals surface area contributed by atoms with E-state index in [1.165, 1.54) is 11.3 Å². The Hall–Kier alpha value is -3.22. The Balaban J connectivity index is 1.39. The van der Waals surface area contributed by atoms with Crippen molar-refractivity contribution in [1.29, 1.82) is 5.26 Å². The van der Waals surface area contributed by atoms with Gasteiger partial charge in [-0.15, -0.1) is 11.3 Å². The van der Waals surface area contributed by atoms with E-state index in [9.17, 15) is 14.9 Å². The predicted octanol–water partition coefficient (Wildman–Crippen LogP) is 2.38. The maximum atomic E-state index is 13.2. The Morgan fingerprint density at radius 2 is 2.00 bits per heavy atom. The standard InChI is InChI=1S/C23H25N5O3S/c1-16(2)21(31-19-6-4-3-5-17(19)14-24)22(30)27-9-7-26(8-10-27)15-18-13-20(29)28-11-12-32-23(28)25-18/h3-6,11-13,16,21H,7-10,15H2,1-2H3. The molecule has 2 aromatic heterocycles. The number of hydrogen-bond donors (Lipinski definition) is 0. The molecule has 0 saturated carbocycles. The molecule has 32 heavy (non-hydrogen) atoms. The van der Waals surface area contributed by atoms with Gasteiger partial charge in [0.1, 0.15) is 11.8 Å². The van der Waals surface area contributed by atoms with Crippen molar-refractivity contribution >= 4 is 22.2 Å². The topological polar surface area (TPSA) is 90.9 Å². The van der Waals surface area contributed by atoms with Crippen LogP contribution in [0.1, 0.15) is 25.1 Å². The predicted molar refractivity (Wildman–Crippen MR) is 122 cm³/mol. The molecular weight excluding hydrogens is 426 g/mol. The molecule has 0 radical (unpaired) electrons. The van der Waals surface area contributed by atoms with Gasteiger partial charge < -0.3 is 9.64 Å². The lowest BCUT2D eigenvalue weighted by atomic mass is 10.0. The number of piperazine rings is 1. The molecular formula is C23H25N5O3S. The summed E-state index contributed by atoms with van der Waals surface area (Å²) in [6.45, 7) is 6.99. The lowest BCUT2D eigenvalue weighted by Crippen LogP contribution is -2.53. The maximum Gasteiger partial charge on any atom is 0.264 e. The van der Waals surface area contributed by atoms with E-state index >= 15 is 0 Å². The molecule has 166 valence electrons. The van der Waals surface area contributed by atoms with E-state index in [1.807, 2.05) is 24.1 Å². The molecule has 8 nitrogen and oxygen atoms in total. The van der Waals surface area contributed by atoms with E-state index in [0.717, 1.165) is 5.69 Å². The smallest absolute Gasteiger partial charge is 0.264 e. The quantitative estimate of drug-likeness (QED) is 0.572. The van der Waals surface area contributed by atoms with Crippen LogP contribution in [0.2, 0.25) is 0 Å². The largest absolute Gasteiger partial charge is 0.479 e. The number of fused-ring (bicyclic) bond motifs is 1. The third kappa shape index (κ3) is 4.66. The average Bonchev–Trinajstić information content (AvgIpc) is 3.27. The molecule has 0 N–H and O–H groups in total. The SMILES string of the molecule is CC(C)C(Oc1ccccc1C#N)C(=O)N1CCN(Cc2cc(=O)n3ccsc3n2)CC1. The minimum absolute atomic E-state index is 0.0398. The number of rotatable bonds is 6. The van der Waals surface area contributed by atoms with Crippen molar-refractivity contribution in [2.45, 2.75) is 26.5 Å². The van der Waals surface area contributed by atoms with Crippen LogP contribution in [0.4, 0.5) is 0 Å². The maximum absolute atomic E-state index is 13.2. The van der Waals surface area contributed by atoms with Gasteiger partial charge in [0.05, 0.1) is 11.3 Å². The highest BCUT2D eigenvalue weighted by Gasteiger charge is 2.31. The summed E-state index contributed by atoms with van der Waals surface area (Å²) in [6, 6.07) is 10.7. The summed E-state index contributed by atoms with van der Waals surface area (Å²) in [4.78, 5) is 34.7. The van der Waals surface area contributed by atoms with E-state index in [2.05, 4.69) is 16.0 Å². The van der Waals surface area contributed by atoms with Crippen LogP contribution in [-0.2, 0) is 11.3 Å². The number of hydrogen-bond acceptors (Lipinski definition) is 7. The molecule has 9 heteroatoms. The van der Waals surface area contributed by atoms with Crippen LogP contribution in [0.25, 0.3) is 4.96 Å². The number of nitrogens with zero attached hydrogens (tertiary/aromatic N) is 5. The van der Waals surface area contributed by atoms with E-state index in [-0.39, 0.29) is 17.4 Å². The second-order valence-electron chi connectivity index (χ2n) is 8.13. The van der Waals surface area contributed by atoms with Gasteiger partial charge in [0.15, 0.2) is 11.1 Å². The number of aromatic nitrogens is 2. The lowest BCUT2D eigenvalue weighted by molar-refractivity contribution is -0.142. The van der Waals surface area contributed by atoms with Crippen molar-refractivity contribution in [2.75, 3.05) is 26.2 Å². The molecule has 4 rings (SSSR count). The third-order valence-corrected chi connectivity index (χ3v) is 6.29. The molecule has 0 spiro atoms. The number of ether oxygens (including phenoxy) is 1. The summed E-state index contributed by atoms with van der Waals surface area (Å²) in [5.74, 6) is 0.327. The van der Waals surface area contributed by atoms with Gasteiger partial charge in [-0.2, -0.15) is 5.26 Å². The van der Waals surface area contributed by atoms with E-state index < -0.39 is 6.10 Å². The minimum Gasteiger partial charge on any atom is -0.479 e. The molecule has 1 fully saturated rings. The van der Waals surface area contributed by atoms with Crippen LogP contribution in [0.15, 0.2) is 46.7 Å². The molecule has 1 amide bonds. The number of thiazole rings is 1. The van der Waals surface area contributed by atoms with Gasteiger partial charge >= 0.3 is 0 Å². The van der Waals surface area contributed by atoms with Crippen LogP contribution in [-0.4, -0.2) is 57.4 Å². The zero-order chi connectivity index (χ0) is 22.7. The molecule has 3 heterocycles. The van der Waals surface area contributed by atoms with Gasteiger partial charge in [0, 0.05) is 50.4 Å². The van der Waals surface area contributed by atoms with Crippen molar-refractivity contribution in [3.8, 4) is 11.8 Å². The fourth-order valence-electron chi connectivity index (χ4n) is 3.77. The monoisotopic (exact) mass is 451 g/mol. The molecule has 1 atom stereocenters. The number of nitriles is 1. The normalized spacial score (nSPS) is 15.6. The van der Waals surface area contributed by atoms with Gasteiger partial charge in [-0.3, -0.25) is 18.9 Å². The molecule has 0 aliphatic carbocycles. The van der Waals surface area contributed by atoms with E-state index in [0.29, 0.717) is 49.0 Å². The zero-order valence-electron chi connectivity index (χ0n) is 18.1. The summed E-state index contributed by atoms with van der Waals surface area (Å²) in [6.07, 6.45) is 1.07. The first-order valence-electron chi connectivity index (χ1n) is 10.6. The third-order valence-electron chi connectivity index (χ3n) is 5.54. The fraction of sp³-hybridized carbons (Fsp3) is 0.391. The van der Waals surface area contributed by atoms with Crippen LogP contribution in [0.5, 0.6) is 5.75 Å². The minimum atomic E-state index is -0.654. The molecule has 1 aromatic carbocycles. The summed E-state index contributed by atoms with van der Waals surface area (Å²) < 4.78 is 7.55. The second kappa shape index (κ2) is 9.51. The average molecular weight is 452 g/mol. The van der Waals surface area contributed by atoms with Gasteiger partial charge in [-0.05, 0) is 18.1 Å². The van der Waals surface area contributed by atoms with Crippen molar-refractivity contribution in [1.82, 2.24) is 19.2 Å². The first-order valence-corrected chi connectivity index (χ1v) is 11.5. The highest BCUT2D eigenvalue weighted by atomic mass is 32.1. The van der Waals surface area contributed by atoms with Gasteiger partial charge in [-0.1, -0.05) is 26.0 Å². The van der Waals surface area contributed by atoms with Crippen molar-refractivity contribution in [3.63, 3.8) is 0 Å². The Morgan fingerprint density at radius 1 is 1.25 bits per heavy atom. The summed E-state index contributed by atoms with van der Waals surface area (Å²) >= 11 is 1.44. The number of amides is 1. The molecule has 1 aliphatic heterocycles. The zero-order valence-corrected chi connectivity index (χ0v) is 18.9. The Kier molecular flexibility index (Phi) is 6.53. The van der Waals surface area contributed by atoms with Crippen molar-refractivity contribution in [2.24, 2.45) is 5.92 Å². The number of para-hydroxylation sites is 1. The fourth-order valence-corrected chi connectivity index (χ4v) is 4.51. The molecule has 1 unspecified atom stereocenters. The first-order chi connectivity index (χ1) is 15.5. The highest BCUT2D eigenvalue weighted by molar-refractivity contribution is 7.15. The van der Waals surface area contributed by atoms with Crippen LogP contribution >= 0.6 is 11.3 Å². The van der Waals surface area contributed by atoms with Crippen LogP contribution in [0.3, 0.4) is 0 Å². The Morgan fingerprint density at radius 3 is 2.72 bits per heavy atom. The highest BCUT2D eigenvalue weighted by Crippen LogP contribution is 2.22. The molecule has 0 bridgehead atoms. The van der Waals surface area contributed by atoms with Gasteiger partial charge in [-0.25, -0.2) is 4.98 Å². The van der Waals surface area contributed by atoms with Crippen LogP contribution in [0, 0.1) is 17.2 Å². The summed E-state index contributed by atoms with van der Waals surface area (Å²) in [7, 11) is 0. The second-order valence-corrected chi connectivity index (χ2v) is 9.01. The lowest BCUT2D eigenvalue weighted by Gasteiger charge is -2.37. The number of carbonyl (C=O) groups is 1. The summed E-state index contributed by atoms with van der Waals surface area (Å²) in [5.41, 5.74) is 1.09. The van der Waals surface area contributed by atoms with E-state index in [1.54, 1.807) is 40.9 Å². The molecule has 3 aromatic rings. The van der Waals surface area contributed by atoms with Gasteiger partial charge in [0.25, 0.3) is 11.5 Å². The first kappa shape index (κ1) is 22.0. The Labute approximate surface area is 190 Å². The molecule has 1 saturated heterocycles. The summed E-state index contributed by atoms with van der Waals surface area (Å²) in [5, 5.41) is 11.2.